The Bertz CT molecular complexity index is 748. The lowest BCUT2D eigenvalue weighted by molar-refractivity contribution is 0.318. The third-order valence-electron chi connectivity index (χ3n) is 5.37. The predicted molar refractivity (Wildman–Crippen MR) is 157 cm³/mol. The van der Waals surface area contributed by atoms with Crippen molar-refractivity contribution in [3.05, 3.63) is 59.7 Å². The van der Waals surface area contributed by atoms with Gasteiger partial charge in [0.15, 0.2) is 0 Å². The number of thioether (sulfide) groups is 3. The topological polar surface area (TPSA) is 18.5 Å². The molecule has 0 unspecified atom stereocenters. The number of hydrogen-bond donors (Lipinski definition) is 1. The van der Waals surface area contributed by atoms with Gasteiger partial charge in [-0.15, -0.1) is 0 Å². The van der Waals surface area contributed by atoms with E-state index < -0.39 is 0 Å². The Morgan fingerprint density at radius 3 is 1.58 bits per heavy atom. The first-order valence-corrected chi connectivity index (χ1v) is 16.0. The van der Waals surface area contributed by atoms with Gasteiger partial charge < -0.3 is 9.47 Å². The average molecular weight is 525 g/mol. The summed E-state index contributed by atoms with van der Waals surface area (Å²) in [6, 6.07) is 17.2. The Labute approximate surface area is 220 Å². The molecule has 33 heavy (non-hydrogen) atoms. The van der Waals surface area contributed by atoms with Crippen molar-refractivity contribution in [1.29, 1.82) is 0 Å². The van der Waals surface area contributed by atoms with E-state index in [-0.39, 0.29) is 5.41 Å². The highest BCUT2D eigenvalue weighted by molar-refractivity contribution is 8.03. The summed E-state index contributed by atoms with van der Waals surface area (Å²) in [6.45, 7) is 8.30. The maximum absolute atomic E-state index is 5.96. The Balaban J connectivity index is 1.74. The molecule has 2 aromatic rings. The molecule has 0 amide bonds. The second-order valence-corrected chi connectivity index (χ2v) is 12.5. The molecule has 0 saturated carbocycles. The van der Waals surface area contributed by atoms with Crippen molar-refractivity contribution < 1.29 is 9.47 Å². The van der Waals surface area contributed by atoms with Crippen molar-refractivity contribution >= 4 is 47.9 Å². The van der Waals surface area contributed by atoms with Crippen molar-refractivity contribution in [1.82, 2.24) is 0 Å². The molecule has 0 bridgehead atoms. The second kappa shape index (κ2) is 17.0. The van der Waals surface area contributed by atoms with Crippen LogP contribution < -0.4 is 9.47 Å². The fraction of sp³-hybridized carbons (Fsp3) is 0.556. The molecular formula is C27H40O2S4. The highest BCUT2D eigenvalue weighted by atomic mass is 32.2. The van der Waals surface area contributed by atoms with Gasteiger partial charge in [0, 0.05) is 22.7 Å². The van der Waals surface area contributed by atoms with Crippen LogP contribution in [0.4, 0.5) is 0 Å². The molecule has 0 radical (unpaired) electrons. The Kier molecular flexibility index (Phi) is 14.7. The molecule has 0 aliphatic carbocycles. The van der Waals surface area contributed by atoms with E-state index in [1.807, 2.05) is 35.3 Å². The normalized spacial score (nSPS) is 11.5. The van der Waals surface area contributed by atoms with Gasteiger partial charge in [-0.05, 0) is 71.2 Å². The SMILES string of the molecule is CCSCCCOc1ccc(C(C)(C)c2ccc(OCCCSCCSCCS)cc2)cc1. The summed E-state index contributed by atoms with van der Waals surface area (Å²) in [6.07, 6.45) is 2.18. The summed E-state index contributed by atoms with van der Waals surface area (Å²) in [5.41, 5.74) is 2.50. The van der Waals surface area contributed by atoms with Crippen LogP contribution in [0.1, 0.15) is 44.7 Å². The average Bonchev–Trinajstić information content (AvgIpc) is 2.83. The maximum atomic E-state index is 5.96. The summed E-state index contributed by atoms with van der Waals surface area (Å²) >= 11 is 10.2. The van der Waals surface area contributed by atoms with Crippen molar-refractivity contribution in [2.24, 2.45) is 0 Å². The van der Waals surface area contributed by atoms with Gasteiger partial charge in [0.25, 0.3) is 0 Å². The van der Waals surface area contributed by atoms with Crippen LogP contribution in [-0.2, 0) is 5.41 Å². The van der Waals surface area contributed by atoms with Gasteiger partial charge in [0.2, 0.25) is 0 Å². The molecule has 2 rings (SSSR count). The van der Waals surface area contributed by atoms with Crippen LogP contribution in [-0.4, -0.2) is 53.5 Å². The lowest BCUT2D eigenvalue weighted by Gasteiger charge is -2.26. The van der Waals surface area contributed by atoms with E-state index in [4.69, 9.17) is 9.47 Å². The molecule has 0 aliphatic heterocycles. The van der Waals surface area contributed by atoms with E-state index in [1.54, 1.807) is 0 Å². The van der Waals surface area contributed by atoms with Gasteiger partial charge in [-0.3, -0.25) is 0 Å². The van der Waals surface area contributed by atoms with E-state index in [2.05, 4.69) is 81.9 Å². The summed E-state index contributed by atoms with van der Waals surface area (Å²) < 4.78 is 11.8. The second-order valence-electron chi connectivity index (χ2n) is 8.22. The van der Waals surface area contributed by atoms with Crippen molar-refractivity contribution in [2.45, 2.75) is 39.0 Å². The predicted octanol–water partition coefficient (Wildman–Crippen LogP) is 7.70. The van der Waals surface area contributed by atoms with Gasteiger partial charge in [-0.2, -0.15) is 47.9 Å². The van der Waals surface area contributed by atoms with E-state index >= 15 is 0 Å². The fourth-order valence-electron chi connectivity index (χ4n) is 3.34. The largest absolute Gasteiger partial charge is 0.494 e. The lowest BCUT2D eigenvalue weighted by atomic mass is 9.78. The smallest absolute Gasteiger partial charge is 0.119 e. The summed E-state index contributed by atoms with van der Waals surface area (Å²) in [5.74, 6) is 9.96. The molecule has 2 aromatic carbocycles. The third-order valence-corrected chi connectivity index (χ3v) is 9.19. The molecule has 0 aromatic heterocycles. The van der Waals surface area contributed by atoms with Gasteiger partial charge >= 0.3 is 0 Å². The van der Waals surface area contributed by atoms with Gasteiger partial charge in [-0.1, -0.05) is 45.0 Å². The first kappa shape index (κ1) is 28.7. The third kappa shape index (κ3) is 11.1. The molecule has 2 nitrogen and oxygen atoms in total. The molecule has 0 aliphatic rings. The minimum absolute atomic E-state index is 0.0730. The zero-order chi connectivity index (χ0) is 23.8. The quantitative estimate of drug-likeness (QED) is 0.159. The molecule has 0 saturated heterocycles. The van der Waals surface area contributed by atoms with Crippen LogP contribution in [0.25, 0.3) is 0 Å². The van der Waals surface area contributed by atoms with Gasteiger partial charge in [-0.25, -0.2) is 0 Å². The van der Waals surface area contributed by atoms with Crippen LogP contribution in [0.5, 0.6) is 11.5 Å². The number of rotatable bonds is 18. The Morgan fingerprint density at radius 1 is 0.667 bits per heavy atom. The zero-order valence-electron chi connectivity index (χ0n) is 20.4. The van der Waals surface area contributed by atoms with Crippen LogP contribution in [0.3, 0.4) is 0 Å². The molecule has 184 valence electrons. The highest BCUT2D eigenvalue weighted by Crippen LogP contribution is 2.33. The van der Waals surface area contributed by atoms with Gasteiger partial charge in [0.1, 0.15) is 11.5 Å². The number of benzene rings is 2. The van der Waals surface area contributed by atoms with Crippen molar-refractivity contribution in [2.75, 3.05) is 53.5 Å². The molecule has 0 spiro atoms. The van der Waals surface area contributed by atoms with E-state index in [0.29, 0.717) is 0 Å². The molecule has 6 heteroatoms. The maximum Gasteiger partial charge on any atom is 0.119 e. The molecule has 0 fully saturated rings. The summed E-state index contributed by atoms with van der Waals surface area (Å²) in [4.78, 5) is 0. The molecule has 0 N–H and O–H groups in total. The molecule has 0 atom stereocenters. The highest BCUT2D eigenvalue weighted by Gasteiger charge is 2.23. The summed E-state index contributed by atoms with van der Waals surface area (Å²) in [7, 11) is 0. The molecular weight excluding hydrogens is 485 g/mol. The van der Waals surface area contributed by atoms with Crippen LogP contribution in [0, 0.1) is 0 Å². The monoisotopic (exact) mass is 524 g/mol. The van der Waals surface area contributed by atoms with E-state index in [9.17, 15) is 0 Å². The minimum Gasteiger partial charge on any atom is -0.494 e. The van der Waals surface area contributed by atoms with Crippen LogP contribution >= 0.6 is 47.9 Å². The standard InChI is InChI=1S/C27H40O2S4/c1-4-31-18-5-15-28-25-11-7-23(8-12-25)27(2,3)24-9-13-26(14-10-24)29-16-6-19-32-21-22-33-20-17-30/h7-14,30H,4-6,15-22H2,1-3H3. The van der Waals surface area contributed by atoms with Gasteiger partial charge in [0.05, 0.1) is 13.2 Å². The number of hydrogen-bond acceptors (Lipinski definition) is 6. The zero-order valence-corrected chi connectivity index (χ0v) is 23.7. The van der Waals surface area contributed by atoms with E-state index in [1.165, 1.54) is 28.4 Å². The van der Waals surface area contributed by atoms with E-state index in [0.717, 1.165) is 60.6 Å². The first-order valence-electron chi connectivity index (χ1n) is 11.9. The Morgan fingerprint density at radius 2 is 1.12 bits per heavy atom. The number of ether oxygens (including phenoxy) is 2. The van der Waals surface area contributed by atoms with Crippen molar-refractivity contribution in [3.8, 4) is 11.5 Å². The number of thiol groups is 1. The summed E-state index contributed by atoms with van der Waals surface area (Å²) in [5, 5.41) is 0. The Hall–Kier alpha value is -0.560. The van der Waals surface area contributed by atoms with Crippen LogP contribution in [0.15, 0.2) is 48.5 Å². The van der Waals surface area contributed by atoms with Crippen molar-refractivity contribution in [3.63, 3.8) is 0 Å². The minimum atomic E-state index is -0.0730. The molecule has 0 heterocycles. The lowest BCUT2D eigenvalue weighted by Crippen LogP contribution is -2.18. The van der Waals surface area contributed by atoms with Crippen LogP contribution in [0.2, 0.25) is 0 Å². The first-order chi connectivity index (χ1) is 16.1. The fourth-order valence-corrected chi connectivity index (χ4v) is 6.14.